The topological polar surface area (TPSA) is 87.5 Å². The van der Waals surface area contributed by atoms with Gasteiger partial charge in [0.1, 0.15) is 6.23 Å². The van der Waals surface area contributed by atoms with Crippen LogP contribution in [0.2, 0.25) is 0 Å². The molecule has 1 aliphatic heterocycles. The summed E-state index contributed by atoms with van der Waals surface area (Å²) in [6, 6.07) is 2.28. The van der Waals surface area contributed by atoms with Gasteiger partial charge in [-0.2, -0.15) is 26.7 Å². The number of hydrogen-bond donors (Lipinski definition) is 0. The lowest BCUT2D eigenvalue weighted by molar-refractivity contribution is -0.0500. The van der Waals surface area contributed by atoms with E-state index in [0.717, 1.165) is 25.8 Å². The van der Waals surface area contributed by atoms with Crippen LogP contribution in [0.25, 0.3) is 10.9 Å². The number of fused-ring (bicyclic) bond motifs is 1. The highest BCUT2D eigenvalue weighted by atomic mass is 32.2. The van der Waals surface area contributed by atoms with E-state index in [2.05, 4.69) is 9.28 Å². The number of ether oxygens (including phenoxy) is 1. The monoisotopic (exact) mass is 392 g/mol. The van der Waals surface area contributed by atoms with Crippen LogP contribution in [-0.4, -0.2) is 36.1 Å². The van der Waals surface area contributed by atoms with E-state index in [1.165, 1.54) is 16.9 Å². The number of nitrogens with zero attached hydrogens (tertiary/aromatic N) is 2. The largest absolute Gasteiger partial charge is 0.534 e. The Labute approximate surface area is 146 Å². The van der Waals surface area contributed by atoms with Crippen LogP contribution < -0.4 is 4.18 Å². The summed E-state index contributed by atoms with van der Waals surface area (Å²) in [6.07, 6.45) is 3.66. The Bertz CT molecular complexity index is 946. The normalized spacial score (nSPS) is 18.8. The quantitative estimate of drug-likeness (QED) is 0.451. The zero-order chi connectivity index (χ0) is 19.1. The van der Waals surface area contributed by atoms with E-state index in [9.17, 15) is 26.4 Å². The van der Waals surface area contributed by atoms with Crippen molar-refractivity contribution in [2.75, 3.05) is 6.61 Å². The highest BCUT2D eigenvalue weighted by Gasteiger charge is 2.49. The molecule has 0 radical (unpaired) electrons. The van der Waals surface area contributed by atoms with Crippen molar-refractivity contribution in [1.82, 2.24) is 9.78 Å². The summed E-state index contributed by atoms with van der Waals surface area (Å²) in [6.45, 7) is 1.66. The van der Waals surface area contributed by atoms with Gasteiger partial charge in [-0.25, -0.2) is 4.68 Å². The van der Waals surface area contributed by atoms with Crippen molar-refractivity contribution in [1.29, 1.82) is 0 Å². The first-order valence-electron chi connectivity index (χ1n) is 7.75. The first-order valence-corrected chi connectivity index (χ1v) is 9.16. The first kappa shape index (κ1) is 18.6. The van der Waals surface area contributed by atoms with Gasteiger partial charge < -0.3 is 8.92 Å². The summed E-state index contributed by atoms with van der Waals surface area (Å²) in [7, 11) is -5.89. The number of ketones is 1. The van der Waals surface area contributed by atoms with Crippen molar-refractivity contribution in [3.8, 4) is 5.75 Å². The van der Waals surface area contributed by atoms with E-state index in [1.807, 2.05) is 0 Å². The van der Waals surface area contributed by atoms with Crippen molar-refractivity contribution < 1.29 is 35.3 Å². The third kappa shape index (κ3) is 3.40. The first-order chi connectivity index (χ1) is 12.1. The van der Waals surface area contributed by atoms with Gasteiger partial charge >= 0.3 is 15.6 Å². The second-order valence-electron chi connectivity index (χ2n) is 5.84. The van der Waals surface area contributed by atoms with Gasteiger partial charge in [-0.3, -0.25) is 4.79 Å². The van der Waals surface area contributed by atoms with Gasteiger partial charge in [-0.15, -0.1) is 0 Å². The molecule has 3 rings (SSSR count). The molecule has 26 heavy (non-hydrogen) atoms. The molecule has 0 bridgehead atoms. The Morgan fingerprint density at radius 2 is 2.08 bits per heavy atom. The maximum Gasteiger partial charge on any atom is 0.534 e. The van der Waals surface area contributed by atoms with Crippen LogP contribution in [-0.2, 0) is 14.9 Å². The molecule has 2 heterocycles. The number of carbonyl (C=O) groups is 1. The maximum absolute atomic E-state index is 12.6. The molecule has 1 aromatic heterocycles. The zero-order valence-electron chi connectivity index (χ0n) is 13.6. The van der Waals surface area contributed by atoms with Crippen LogP contribution in [0.4, 0.5) is 13.2 Å². The predicted octanol–water partition coefficient (Wildman–Crippen LogP) is 3.17. The molecule has 2 aromatic rings. The molecule has 0 saturated carbocycles. The molecule has 7 nitrogen and oxygen atoms in total. The fourth-order valence-electron chi connectivity index (χ4n) is 2.77. The standard InChI is InChI=1S/C15H15F3N2O5S/c1-9(21)14-10-8-20(13-4-2-3-7-24-13)19-11(10)5-6-12(14)25-26(22,23)15(16,17)18/h5-6,8,13H,2-4,7H2,1H3. The summed E-state index contributed by atoms with van der Waals surface area (Å²) in [5.74, 6) is -1.33. The van der Waals surface area contributed by atoms with Crippen LogP contribution in [0.15, 0.2) is 18.3 Å². The minimum atomic E-state index is -5.89. The van der Waals surface area contributed by atoms with E-state index in [0.29, 0.717) is 18.5 Å². The van der Waals surface area contributed by atoms with Crippen LogP contribution in [0.3, 0.4) is 0 Å². The molecule has 11 heteroatoms. The molecule has 0 amide bonds. The molecular formula is C15H15F3N2O5S. The fourth-order valence-corrected chi connectivity index (χ4v) is 3.24. The predicted molar refractivity (Wildman–Crippen MR) is 84.2 cm³/mol. The molecule has 142 valence electrons. The van der Waals surface area contributed by atoms with Gasteiger partial charge in [-0.1, -0.05) is 0 Å². The van der Waals surface area contributed by atoms with E-state index in [4.69, 9.17) is 4.74 Å². The van der Waals surface area contributed by atoms with Gasteiger partial charge in [0.25, 0.3) is 0 Å². The number of rotatable bonds is 4. The van der Waals surface area contributed by atoms with Gasteiger partial charge in [0, 0.05) is 18.2 Å². The molecule has 1 aromatic carbocycles. The third-order valence-corrected chi connectivity index (χ3v) is 4.92. The molecule has 0 aliphatic carbocycles. The van der Waals surface area contributed by atoms with Crippen molar-refractivity contribution in [2.24, 2.45) is 0 Å². The van der Waals surface area contributed by atoms with Crippen LogP contribution in [0, 0.1) is 0 Å². The lowest BCUT2D eigenvalue weighted by Gasteiger charge is -2.22. The van der Waals surface area contributed by atoms with Gasteiger partial charge in [0.2, 0.25) is 0 Å². The summed E-state index contributed by atoms with van der Waals surface area (Å²) in [4.78, 5) is 12.0. The zero-order valence-corrected chi connectivity index (χ0v) is 14.4. The number of Topliss-reactive ketones (excluding diaryl/α,β-unsaturated/α-hetero) is 1. The third-order valence-electron chi connectivity index (χ3n) is 3.95. The average Bonchev–Trinajstić information content (AvgIpc) is 2.97. The number of aromatic nitrogens is 2. The Morgan fingerprint density at radius 3 is 2.65 bits per heavy atom. The summed E-state index contributed by atoms with van der Waals surface area (Å²) < 4.78 is 71.6. The Kier molecular flexibility index (Phi) is 4.69. The molecule has 1 aliphatic rings. The molecule has 1 fully saturated rings. The SMILES string of the molecule is CC(=O)c1c(OS(=O)(=O)C(F)(F)F)ccc2nn(C3CCCCO3)cc12. The van der Waals surface area contributed by atoms with E-state index >= 15 is 0 Å². The van der Waals surface area contributed by atoms with Crippen LogP contribution in [0.5, 0.6) is 5.75 Å². The Hall–Kier alpha value is -2.14. The second kappa shape index (κ2) is 6.54. The number of halogens is 3. The lowest BCUT2D eigenvalue weighted by Crippen LogP contribution is -2.28. The van der Waals surface area contributed by atoms with Crippen LogP contribution in [0.1, 0.15) is 42.8 Å². The Balaban J connectivity index is 2.08. The fraction of sp³-hybridized carbons (Fsp3) is 0.467. The van der Waals surface area contributed by atoms with Gasteiger partial charge in [0.05, 0.1) is 11.1 Å². The molecular weight excluding hydrogens is 377 g/mol. The number of alkyl halides is 3. The molecule has 0 spiro atoms. The van der Waals surface area contributed by atoms with Crippen molar-refractivity contribution >= 4 is 26.8 Å². The molecule has 1 atom stereocenters. The highest BCUT2D eigenvalue weighted by Crippen LogP contribution is 2.34. The number of hydrogen-bond acceptors (Lipinski definition) is 6. The maximum atomic E-state index is 12.6. The van der Waals surface area contributed by atoms with Crippen molar-refractivity contribution in [2.45, 2.75) is 37.9 Å². The molecule has 1 saturated heterocycles. The summed E-state index contributed by atoms with van der Waals surface area (Å²) >= 11 is 0. The van der Waals surface area contributed by atoms with E-state index < -0.39 is 27.2 Å². The summed E-state index contributed by atoms with van der Waals surface area (Å²) in [5.41, 5.74) is -5.56. The summed E-state index contributed by atoms with van der Waals surface area (Å²) in [5, 5.41) is 4.47. The smallest absolute Gasteiger partial charge is 0.375 e. The van der Waals surface area contributed by atoms with Gasteiger partial charge in [-0.05, 0) is 38.3 Å². The highest BCUT2D eigenvalue weighted by molar-refractivity contribution is 7.88. The second-order valence-corrected chi connectivity index (χ2v) is 7.38. The lowest BCUT2D eigenvalue weighted by atomic mass is 10.1. The molecule has 1 unspecified atom stereocenters. The minimum Gasteiger partial charge on any atom is -0.375 e. The number of benzene rings is 1. The van der Waals surface area contributed by atoms with E-state index in [-0.39, 0.29) is 17.2 Å². The van der Waals surface area contributed by atoms with Crippen molar-refractivity contribution in [3.63, 3.8) is 0 Å². The average molecular weight is 392 g/mol. The van der Waals surface area contributed by atoms with Crippen molar-refractivity contribution in [3.05, 3.63) is 23.9 Å². The molecule has 0 N–H and O–H groups in total. The van der Waals surface area contributed by atoms with E-state index in [1.54, 1.807) is 0 Å². The Morgan fingerprint density at radius 1 is 1.35 bits per heavy atom. The van der Waals surface area contributed by atoms with Gasteiger partial charge in [0.15, 0.2) is 11.5 Å². The van der Waals surface area contributed by atoms with Crippen LogP contribution >= 0.6 is 0 Å². The number of carbonyl (C=O) groups excluding carboxylic acids is 1. The minimum absolute atomic E-state index is 0.196.